The van der Waals surface area contributed by atoms with E-state index in [1.54, 1.807) is 0 Å². The number of halogens is 6. The summed E-state index contributed by atoms with van der Waals surface area (Å²) in [5.41, 5.74) is -4.35. The Morgan fingerprint density at radius 3 is 2.00 bits per heavy atom. The number of carbonyl (C=O) groups excluding carboxylic acids is 1. The summed E-state index contributed by atoms with van der Waals surface area (Å²) in [5, 5.41) is 15.9. The van der Waals surface area contributed by atoms with Gasteiger partial charge in [0.2, 0.25) is 0 Å². The van der Waals surface area contributed by atoms with E-state index in [9.17, 15) is 35.9 Å². The Labute approximate surface area is 145 Å². The second kappa shape index (κ2) is 6.77. The number of alkyl halides is 6. The maximum atomic E-state index is 13.0. The van der Waals surface area contributed by atoms with Crippen molar-refractivity contribution in [1.82, 2.24) is 10.7 Å². The molecule has 0 spiro atoms. The molecule has 0 aliphatic carbocycles. The van der Waals surface area contributed by atoms with Crippen LogP contribution < -0.4 is 5.53 Å². The third-order valence-corrected chi connectivity index (χ3v) is 3.09. The van der Waals surface area contributed by atoms with Crippen molar-refractivity contribution in [2.24, 2.45) is 10.2 Å². The maximum Gasteiger partial charge on any atom is 0.451 e. The number of hydrazine groups is 1. The Morgan fingerprint density at radius 1 is 1.07 bits per heavy atom. The van der Waals surface area contributed by atoms with Gasteiger partial charge < -0.3 is 9.84 Å². The van der Waals surface area contributed by atoms with E-state index in [2.05, 4.69) is 14.9 Å². The van der Waals surface area contributed by atoms with Crippen LogP contribution in [0.15, 0.2) is 28.4 Å². The van der Waals surface area contributed by atoms with Gasteiger partial charge in [0.15, 0.2) is 5.71 Å². The molecule has 1 aromatic carbocycles. The third-order valence-electron chi connectivity index (χ3n) is 3.09. The molecule has 1 amide bonds. The zero-order valence-electron chi connectivity index (χ0n) is 13.0. The molecule has 0 aromatic heterocycles. The summed E-state index contributed by atoms with van der Waals surface area (Å²) < 4.78 is 82.1. The number of carboxylic acids is 1. The van der Waals surface area contributed by atoms with E-state index < -0.39 is 52.5 Å². The largest absolute Gasteiger partial charge is 0.476 e. The number of aliphatic carboxylic acids is 1. The Morgan fingerprint density at radius 2 is 1.59 bits per heavy atom. The van der Waals surface area contributed by atoms with E-state index in [0.717, 1.165) is 7.11 Å². The number of carbonyl (C=O) groups is 2. The molecule has 1 heterocycles. The van der Waals surface area contributed by atoms with Crippen molar-refractivity contribution in [2.75, 3.05) is 7.11 Å². The molecule has 27 heavy (non-hydrogen) atoms. The van der Waals surface area contributed by atoms with Gasteiger partial charge in [-0.25, -0.2) is 9.59 Å². The highest BCUT2D eigenvalue weighted by Gasteiger charge is 2.38. The van der Waals surface area contributed by atoms with Gasteiger partial charge in [0.05, 0.1) is 18.2 Å². The molecule has 2 rings (SSSR count). The van der Waals surface area contributed by atoms with Crippen molar-refractivity contribution < 1.29 is 45.8 Å². The molecule has 0 bridgehead atoms. The van der Waals surface area contributed by atoms with Gasteiger partial charge >= 0.3 is 24.4 Å². The maximum absolute atomic E-state index is 13.0. The fraction of sp³-hybridized carbons (Fsp3) is 0.231. The molecule has 14 heteroatoms. The lowest BCUT2D eigenvalue weighted by Crippen LogP contribution is -2.44. The number of ether oxygens (including phenoxy) is 1. The van der Waals surface area contributed by atoms with E-state index in [1.807, 2.05) is 5.53 Å². The molecule has 8 nitrogen and oxygen atoms in total. The highest BCUT2D eigenvalue weighted by Crippen LogP contribution is 2.36. The molecule has 0 saturated heterocycles. The van der Waals surface area contributed by atoms with Crippen LogP contribution in [0.1, 0.15) is 16.7 Å². The fourth-order valence-corrected chi connectivity index (χ4v) is 1.92. The first-order valence-corrected chi connectivity index (χ1v) is 6.68. The highest BCUT2D eigenvalue weighted by molar-refractivity contribution is 6.68. The zero-order chi connectivity index (χ0) is 20.6. The van der Waals surface area contributed by atoms with E-state index in [-0.39, 0.29) is 23.3 Å². The standard InChI is InChI=1S/C13H8F6N4O4/c1-27-11(26)23-21-8(9(10(24)25)20-22-23)5-2-6(12(14,15)16)4-7(3-5)13(17,18)19/h2-4,22H,1H3,(H,24,25). The number of carboxylic acid groups (broad SMARTS) is 1. The van der Waals surface area contributed by atoms with Crippen LogP contribution in [0.3, 0.4) is 0 Å². The van der Waals surface area contributed by atoms with Gasteiger partial charge in [-0.15, -0.1) is 10.2 Å². The smallest absolute Gasteiger partial charge is 0.451 e. The monoisotopic (exact) mass is 398 g/mol. The SMILES string of the molecule is COC(=O)N1N=C(c2cc(C(F)(F)F)cc(C(F)(F)F)c2)C(C(=O)O)=NN1. The van der Waals surface area contributed by atoms with Crippen molar-refractivity contribution in [3.63, 3.8) is 0 Å². The molecular weight excluding hydrogens is 390 g/mol. The van der Waals surface area contributed by atoms with Crippen LogP contribution in [-0.2, 0) is 21.9 Å². The summed E-state index contributed by atoms with van der Waals surface area (Å²) >= 11 is 0. The number of hydrogen-bond donors (Lipinski definition) is 2. The zero-order valence-corrected chi connectivity index (χ0v) is 13.0. The minimum absolute atomic E-state index is 0.138. The number of nitrogens with zero attached hydrogens (tertiary/aromatic N) is 3. The number of nitrogens with one attached hydrogen (secondary N) is 1. The lowest BCUT2D eigenvalue weighted by molar-refractivity contribution is -0.143. The minimum atomic E-state index is -5.16. The van der Waals surface area contributed by atoms with E-state index in [0.29, 0.717) is 0 Å². The van der Waals surface area contributed by atoms with Crippen molar-refractivity contribution in [2.45, 2.75) is 12.4 Å². The molecule has 1 aliphatic rings. The fourth-order valence-electron chi connectivity index (χ4n) is 1.92. The summed E-state index contributed by atoms with van der Waals surface area (Å²) in [6.45, 7) is 0. The second-order valence-electron chi connectivity index (χ2n) is 4.89. The van der Waals surface area contributed by atoms with Gasteiger partial charge in [-0.2, -0.15) is 31.9 Å². The van der Waals surface area contributed by atoms with Crippen molar-refractivity contribution in [3.05, 3.63) is 34.9 Å². The summed E-state index contributed by atoms with van der Waals surface area (Å²) in [6, 6.07) is 0.376. The summed E-state index contributed by atoms with van der Waals surface area (Å²) in [4.78, 5) is 22.6. The Kier molecular flexibility index (Phi) is 5.01. The van der Waals surface area contributed by atoms with Gasteiger partial charge in [0.25, 0.3) is 0 Å². The molecule has 0 saturated carbocycles. The Balaban J connectivity index is 2.71. The molecule has 146 valence electrons. The average molecular weight is 398 g/mol. The number of rotatable bonds is 2. The van der Waals surface area contributed by atoms with Crippen molar-refractivity contribution >= 4 is 23.5 Å². The van der Waals surface area contributed by atoms with E-state index >= 15 is 0 Å². The predicted octanol–water partition coefficient (Wildman–Crippen LogP) is 2.46. The van der Waals surface area contributed by atoms with Crippen LogP contribution in [0.4, 0.5) is 31.1 Å². The van der Waals surface area contributed by atoms with Gasteiger partial charge in [-0.05, 0) is 18.2 Å². The van der Waals surface area contributed by atoms with Crippen LogP contribution in [0.5, 0.6) is 0 Å². The third kappa shape index (κ3) is 4.27. The summed E-state index contributed by atoms with van der Waals surface area (Å²) in [6.07, 6.45) is -11.6. The number of methoxy groups -OCH3 is 1. The number of amides is 1. The normalized spacial score (nSPS) is 14.9. The number of hydrazone groups is 2. The van der Waals surface area contributed by atoms with Crippen LogP contribution in [-0.4, -0.2) is 40.8 Å². The van der Waals surface area contributed by atoms with Gasteiger partial charge in [0, 0.05) is 5.56 Å². The molecule has 1 aliphatic heterocycles. The average Bonchev–Trinajstić information content (AvgIpc) is 2.58. The van der Waals surface area contributed by atoms with Crippen molar-refractivity contribution in [3.8, 4) is 0 Å². The molecule has 1 aromatic rings. The molecule has 0 fully saturated rings. The highest BCUT2D eigenvalue weighted by atomic mass is 19.4. The van der Waals surface area contributed by atoms with Gasteiger partial charge in [-0.3, -0.25) is 0 Å². The number of benzene rings is 1. The number of hydrogen-bond acceptors (Lipinski definition) is 6. The van der Waals surface area contributed by atoms with E-state index in [4.69, 9.17) is 5.11 Å². The first-order valence-electron chi connectivity index (χ1n) is 6.68. The van der Waals surface area contributed by atoms with Gasteiger partial charge in [0.1, 0.15) is 5.71 Å². The summed E-state index contributed by atoms with van der Waals surface area (Å²) in [7, 11) is 0.904. The lowest BCUT2D eigenvalue weighted by atomic mass is 9.99. The first kappa shape index (κ1) is 20.0. The van der Waals surface area contributed by atoms with Crippen LogP contribution in [0.2, 0.25) is 0 Å². The van der Waals surface area contributed by atoms with E-state index in [1.165, 1.54) is 0 Å². The van der Waals surface area contributed by atoms with Crippen LogP contribution >= 0.6 is 0 Å². The Bertz CT molecular complexity index is 814. The Hall–Kier alpha value is -3.32. The van der Waals surface area contributed by atoms with Gasteiger partial charge in [-0.1, -0.05) is 5.12 Å². The molecular formula is C13H8F6N4O4. The molecule has 2 N–H and O–H groups in total. The second-order valence-corrected chi connectivity index (χ2v) is 4.89. The van der Waals surface area contributed by atoms with Crippen LogP contribution in [0.25, 0.3) is 0 Å². The lowest BCUT2D eigenvalue weighted by Gasteiger charge is -2.22. The van der Waals surface area contributed by atoms with Crippen LogP contribution in [0, 0.1) is 0 Å². The molecule has 0 radical (unpaired) electrons. The summed E-state index contributed by atoms with van der Waals surface area (Å²) in [5.74, 6) is -1.81. The molecule has 0 atom stereocenters. The first-order chi connectivity index (χ1) is 12.3. The molecule has 0 unspecified atom stereocenters. The van der Waals surface area contributed by atoms with Crippen molar-refractivity contribution in [1.29, 1.82) is 0 Å². The predicted molar refractivity (Wildman–Crippen MR) is 75.4 cm³/mol. The minimum Gasteiger partial charge on any atom is -0.476 e. The topological polar surface area (TPSA) is 104 Å². The quantitative estimate of drug-likeness (QED) is 0.745.